The summed E-state index contributed by atoms with van der Waals surface area (Å²) in [6.07, 6.45) is 3.73. The van der Waals surface area contributed by atoms with Crippen LogP contribution in [0.15, 0.2) is 12.1 Å². The van der Waals surface area contributed by atoms with Gasteiger partial charge in [-0.3, -0.25) is 19.7 Å². The summed E-state index contributed by atoms with van der Waals surface area (Å²) in [4.78, 5) is 37.5. The molecule has 126 valence electrons. The zero-order valence-corrected chi connectivity index (χ0v) is 13.3. The van der Waals surface area contributed by atoms with Gasteiger partial charge in [0.15, 0.2) is 0 Å². The van der Waals surface area contributed by atoms with Crippen LogP contribution < -0.4 is 5.32 Å². The van der Waals surface area contributed by atoms with Gasteiger partial charge in [0, 0.05) is 19.5 Å². The molecular formula is C18H19FN2O3. The Morgan fingerprint density at radius 2 is 1.96 bits per heavy atom. The van der Waals surface area contributed by atoms with Gasteiger partial charge < -0.3 is 4.90 Å². The molecule has 3 amide bonds. The van der Waals surface area contributed by atoms with E-state index in [1.54, 1.807) is 11.0 Å². The Kier molecular flexibility index (Phi) is 3.62. The van der Waals surface area contributed by atoms with Crippen LogP contribution in [0.3, 0.4) is 0 Å². The van der Waals surface area contributed by atoms with Gasteiger partial charge in [-0.05, 0) is 54.0 Å². The first-order chi connectivity index (χ1) is 11.5. The molecule has 1 saturated heterocycles. The molecule has 2 aliphatic heterocycles. The molecule has 1 aliphatic carbocycles. The van der Waals surface area contributed by atoms with Gasteiger partial charge in [0.1, 0.15) is 11.7 Å². The van der Waals surface area contributed by atoms with E-state index in [1.165, 1.54) is 6.07 Å². The van der Waals surface area contributed by atoms with Crippen molar-refractivity contribution in [3.8, 4) is 0 Å². The maximum absolute atomic E-state index is 13.9. The lowest BCUT2D eigenvalue weighted by atomic mass is 9.77. The van der Waals surface area contributed by atoms with E-state index in [4.69, 9.17) is 0 Å². The number of halogens is 1. The highest BCUT2D eigenvalue weighted by molar-refractivity contribution is 6.08. The minimum Gasteiger partial charge on any atom is -0.333 e. The zero-order chi connectivity index (χ0) is 16.8. The summed E-state index contributed by atoms with van der Waals surface area (Å²) >= 11 is 0. The van der Waals surface area contributed by atoms with Crippen LogP contribution in [-0.2, 0) is 27.5 Å². The first-order valence-corrected chi connectivity index (χ1v) is 8.46. The van der Waals surface area contributed by atoms with Gasteiger partial charge in [0.05, 0.1) is 0 Å². The van der Waals surface area contributed by atoms with Crippen molar-refractivity contribution in [1.82, 2.24) is 10.2 Å². The van der Waals surface area contributed by atoms with E-state index in [-0.39, 0.29) is 30.5 Å². The van der Waals surface area contributed by atoms with E-state index in [9.17, 15) is 18.8 Å². The number of imide groups is 1. The molecule has 1 unspecified atom stereocenters. The summed E-state index contributed by atoms with van der Waals surface area (Å²) in [7, 11) is 0. The molecule has 0 spiro atoms. The lowest BCUT2D eigenvalue weighted by molar-refractivity contribution is -0.146. The molecule has 1 saturated carbocycles. The number of carbonyl (C=O) groups is 3. The van der Waals surface area contributed by atoms with Crippen molar-refractivity contribution in [1.29, 1.82) is 0 Å². The minimum absolute atomic E-state index is 0.185. The van der Waals surface area contributed by atoms with E-state index in [0.717, 1.165) is 36.0 Å². The average molecular weight is 330 g/mol. The smallest absolute Gasteiger partial charge is 0.239 e. The second-order valence-corrected chi connectivity index (χ2v) is 6.96. The van der Waals surface area contributed by atoms with Crippen molar-refractivity contribution >= 4 is 17.7 Å². The number of nitrogens with zero attached hydrogens (tertiary/aromatic N) is 1. The first kappa shape index (κ1) is 15.3. The second kappa shape index (κ2) is 5.69. The van der Waals surface area contributed by atoms with E-state index < -0.39 is 11.8 Å². The summed E-state index contributed by atoms with van der Waals surface area (Å²) in [6, 6.07) is 3.10. The highest BCUT2D eigenvalue weighted by atomic mass is 19.1. The van der Waals surface area contributed by atoms with Crippen molar-refractivity contribution < 1.29 is 18.8 Å². The predicted molar refractivity (Wildman–Crippen MR) is 83.1 cm³/mol. The molecule has 4 rings (SSSR count). The summed E-state index contributed by atoms with van der Waals surface area (Å²) in [5, 5.41) is 2.23. The van der Waals surface area contributed by atoms with Crippen LogP contribution in [0.5, 0.6) is 0 Å². The summed E-state index contributed by atoms with van der Waals surface area (Å²) in [5.41, 5.74) is 2.91. The van der Waals surface area contributed by atoms with Crippen molar-refractivity contribution in [3.05, 3.63) is 34.6 Å². The quantitative estimate of drug-likeness (QED) is 0.666. The minimum atomic E-state index is -0.811. The van der Waals surface area contributed by atoms with Gasteiger partial charge in [0.25, 0.3) is 0 Å². The van der Waals surface area contributed by atoms with Gasteiger partial charge in [-0.15, -0.1) is 0 Å². The fraction of sp³-hybridized carbons (Fsp3) is 0.500. The van der Waals surface area contributed by atoms with Crippen molar-refractivity contribution in [2.45, 2.75) is 51.1 Å². The number of carbonyl (C=O) groups excluding carboxylic acids is 3. The molecule has 1 N–H and O–H groups in total. The van der Waals surface area contributed by atoms with Gasteiger partial charge in [-0.25, -0.2) is 4.39 Å². The SMILES string of the molecule is O=C1CCC(C(=O)N2Cc3cc(F)cc(C4CCC4)c3C2)C(=O)N1. The van der Waals surface area contributed by atoms with Gasteiger partial charge in [-0.2, -0.15) is 0 Å². The Bertz CT molecular complexity index is 742. The molecule has 1 atom stereocenters. The van der Waals surface area contributed by atoms with Crippen LogP contribution in [0.25, 0.3) is 0 Å². The molecular weight excluding hydrogens is 311 g/mol. The molecule has 5 nitrogen and oxygen atoms in total. The summed E-state index contributed by atoms with van der Waals surface area (Å²) in [5.74, 6) is -1.79. The topological polar surface area (TPSA) is 66.5 Å². The van der Waals surface area contributed by atoms with Crippen LogP contribution in [0.1, 0.15) is 54.7 Å². The van der Waals surface area contributed by atoms with Gasteiger partial charge in [-0.1, -0.05) is 6.42 Å². The highest BCUT2D eigenvalue weighted by Gasteiger charge is 2.38. The fourth-order valence-electron chi connectivity index (χ4n) is 3.89. The van der Waals surface area contributed by atoms with E-state index in [1.807, 2.05) is 0 Å². The van der Waals surface area contributed by atoms with Crippen molar-refractivity contribution in [3.63, 3.8) is 0 Å². The lowest BCUT2D eigenvalue weighted by Crippen LogP contribution is -2.47. The number of hydrogen-bond acceptors (Lipinski definition) is 3. The van der Waals surface area contributed by atoms with Crippen molar-refractivity contribution in [2.75, 3.05) is 0 Å². The van der Waals surface area contributed by atoms with Crippen LogP contribution >= 0.6 is 0 Å². The maximum atomic E-state index is 13.9. The molecule has 6 heteroatoms. The molecule has 1 aromatic rings. The Morgan fingerprint density at radius 3 is 2.62 bits per heavy atom. The second-order valence-electron chi connectivity index (χ2n) is 6.96. The number of amides is 3. The number of rotatable bonds is 2. The Hall–Kier alpha value is -2.24. The summed E-state index contributed by atoms with van der Waals surface area (Å²) in [6.45, 7) is 0.765. The number of piperidine rings is 1. The molecule has 0 radical (unpaired) electrons. The maximum Gasteiger partial charge on any atom is 0.239 e. The monoisotopic (exact) mass is 330 g/mol. The van der Waals surface area contributed by atoms with Crippen LogP contribution in [0.2, 0.25) is 0 Å². The molecule has 0 aromatic heterocycles. The van der Waals surface area contributed by atoms with E-state index >= 15 is 0 Å². The number of hydrogen-bond donors (Lipinski definition) is 1. The predicted octanol–water partition coefficient (Wildman–Crippen LogP) is 1.99. The lowest BCUT2D eigenvalue weighted by Gasteiger charge is -2.28. The molecule has 24 heavy (non-hydrogen) atoms. The van der Waals surface area contributed by atoms with E-state index in [0.29, 0.717) is 19.0 Å². The average Bonchev–Trinajstić information content (AvgIpc) is 2.88. The van der Waals surface area contributed by atoms with Crippen LogP contribution in [-0.4, -0.2) is 22.6 Å². The third kappa shape index (κ3) is 2.50. The number of nitrogens with one attached hydrogen (secondary N) is 1. The Morgan fingerprint density at radius 1 is 1.17 bits per heavy atom. The Balaban J connectivity index is 1.56. The normalized spacial score (nSPS) is 23.7. The van der Waals surface area contributed by atoms with Crippen molar-refractivity contribution in [2.24, 2.45) is 5.92 Å². The number of fused-ring (bicyclic) bond motifs is 1. The Labute approximate surface area is 139 Å². The fourth-order valence-corrected chi connectivity index (χ4v) is 3.89. The number of benzene rings is 1. The molecule has 2 fully saturated rings. The summed E-state index contributed by atoms with van der Waals surface area (Å²) < 4.78 is 13.9. The zero-order valence-electron chi connectivity index (χ0n) is 13.3. The first-order valence-electron chi connectivity index (χ1n) is 8.46. The molecule has 0 bridgehead atoms. The molecule has 1 aromatic carbocycles. The van der Waals surface area contributed by atoms with E-state index in [2.05, 4.69) is 5.32 Å². The van der Waals surface area contributed by atoms with Crippen LogP contribution in [0, 0.1) is 11.7 Å². The standard InChI is InChI=1S/C18H19FN2O3/c19-12-6-11-8-21(9-15(11)14(7-12)10-2-1-3-10)18(24)13-4-5-16(22)20-17(13)23/h6-7,10,13H,1-5,8-9H2,(H,20,22,23). The van der Waals surface area contributed by atoms with Gasteiger partial charge >= 0.3 is 0 Å². The molecule has 3 aliphatic rings. The van der Waals surface area contributed by atoms with Crippen LogP contribution in [0.4, 0.5) is 4.39 Å². The molecule has 2 heterocycles. The third-order valence-corrected chi connectivity index (χ3v) is 5.45. The largest absolute Gasteiger partial charge is 0.333 e. The third-order valence-electron chi connectivity index (χ3n) is 5.45. The van der Waals surface area contributed by atoms with Gasteiger partial charge in [0.2, 0.25) is 17.7 Å². The highest BCUT2D eigenvalue weighted by Crippen LogP contribution is 2.41.